The van der Waals surface area contributed by atoms with E-state index >= 15 is 0 Å². The van der Waals surface area contributed by atoms with Gasteiger partial charge in [0, 0.05) is 44.0 Å². The Kier molecular flexibility index (Phi) is 5.01. The highest BCUT2D eigenvalue weighted by atomic mass is 16.1. The molecule has 1 aliphatic carbocycles. The van der Waals surface area contributed by atoms with Crippen LogP contribution in [0.4, 0.5) is 11.4 Å². The lowest BCUT2D eigenvalue weighted by Crippen LogP contribution is -2.44. The largest absolute Gasteiger partial charge is 0.369 e. The summed E-state index contributed by atoms with van der Waals surface area (Å²) in [5, 5.41) is 3.07. The van der Waals surface area contributed by atoms with Crippen molar-refractivity contribution in [3.05, 3.63) is 35.9 Å². The number of hydrogen-bond donors (Lipinski definition) is 1. The van der Waals surface area contributed by atoms with Crippen molar-refractivity contribution in [3.63, 3.8) is 0 Å². The van der Waals surface area contributed by atoms with Gasteiger partial charge in [-0.05, 0) is 56.5 Å². The smallest absolute Gasteiger partial charge is 0.224 e. The minimum absolute atomic E-state index is 0.122. The van der Waals surface area contributed by atoms with Crippen LogP contribution in [0.2, 0.25) is 0 Å². The number of allylic oxidation sites excluding steroid dienone is 2. The molecule has 0 radical (unpaired) electrons. The molecule has 1 atom stereocenters. The highest BCUT2D eigenvalue weighted by Gasteiger charge is 2.17. The molecule has 0 saturated carbocycles. The molecule has 1 aromatic rings. The van der Waals surface area contributed by atoms with Crippen LogP contribution in [0.1, 0.15) is 24.8 Å². The molecular formula is C19H27N3O. The van der Waals surface area contributed by atoms with E-state index in [-0.39, 0.29) is 5.91 Å². The third-order valence-electron chi connectivity index (χ3n) is 4.91. The third kappa shape index (κ3) is 4.14. The number of nitrogens with zero attached hydrogens (tertiary/aromatic N) is 2. The fraction of sp³-hybridized carbons (Fsp3) is 0.526. The van der Waals surface area contributed by atoms with E-state index in [9.17, 15) is 4.79 Å². The van der Waals surface area contributed by atoms with Gasteiger partial charge in [-0.3, -0.25) is 4.79 Å². The second kappa shape index (κ2) is 7.18. The SMILES string of the molecule is Cc1cc(N2CCN(C)CC2)ccc1NC(=O)CC1C=CCC1. The summed E-state index contributed by atoms with van der Waals surface area (Å²) in [6.45, 7) is 6.41. The summed E-state index contributed by atoms with van der Waals surface area (Å²) in [6.07, 6.45) is 7.15. The van der Waals surface area contributed by atoms with Crippen LogP contribution in [0, 0.1) is 12.8 Å². The molecule has 4 nitrogen and oxygen atoms in total. The molecule has 3 rings (SSSR count). The molecule has 2 aliphatic rings. The Balaban J connectivity index is 1.60. The predicted molar refractivity (Wildman–Crippen MR) is 96.0 cm³/mol. The van der Waals surface area contributed by atoms with Crippen LogP contribution in [0.15, 0.2) is 30.4 Å². The fourth-order valence-corrected chi connectivity index (χ4v) is 3.35. The average molecular weight is 313 g/mol. The normalized spacial score (nSPS) is 21.7. The van der Waals surface area contributed by atoms with Crippen LogP contribution in [0.3, 0.4) is 0 Å². The summed E-state index contributed by atoms with van der Waals surface area (Å²) in [4.78, 5) is 17.0. The maximum atomic E-state index is 12.2. The summed E-state index contributed by atoms with van der Waals surface area (Å²) in [6, 6.07) is 6.37. The molecule has 23 heavy (non-hydrogen) atoms. The number of rotatable bonds is 4. The molecule has 1 saturated heterocycles. The molecule has 0 aromatic heterocycles. The first-order chi connectivity index (χ1) is 11.1. The van der Waals surface area contributed by atoms with Crippen LogP contribution in [-0.2, 0) is 4.79 Å². The van der Waals surface area contributed by atoms with E-state index in [2.05, 4.69) is 53.4 Å². The molecule has 124 valence electrons. The second-order valence-corrected chi connectivity index (χ2v) is 6.81. The minimum Gasteiger partial charge on any atom is -0.369 e. The highest BCUT2D eigenvalue weighted by Crippen LogP contribution is 2.25. The number of carbonyl (C=O) groups is 1. The fourth-order valence-electron chi connectivity index (χ4n) is 3.35. The number of hydrogen-bond acceptors (Lipinski definition) is 3. The van der Waals surface area contributed by atoms with Gasteiger partial charge in [0.1, 0.15) is 0 Å². The summed E-state index contributed by atoms with van der Waals surface area (Å²) in [5.41, 5.74) is 3.33. The molecular weight excluding hydrogens is 286 g/mol. The Bertz CT molecular complexity index is 588. The van der Waals surface area contributed by atoms with Gasteiger partial charge in [-0.25, -0.2) is 0 Å². The van der Waals surface area contributed by atoms with Crippen molar-refractivity contribution in [2.45, 2.75) is 26.2 Å². The average Bonchev–Trinajstić information content (AvgIpc) is 3.03. The maximum absolute atomic E-state index is 12.2. The van der Waals surface area contributed by atoms with Gasteiger partial charge in [-0.15, -0.1) is 0 Å². The highest BCUT2D eigenvalue weighted by molar-refractivity contribution is 5.92. The van der Waals surface area contributed by atoms with E-state index in [0.717, 1.165) is 50.3 Å². The molecule has 4 heteroatoms. The number of amides is 1. The Labute approximate surface area is 139 Å². The summed E-state index contributed by atoms with van der Waals surface area (Å²) < 4.78 is 0. The molecule has 1 amide bonds. The molecule has 1 heterocycles. The molecule has 1 unspecified atom stereocenters. The Morgan fingerprint density at radius 3 is 2.70 bits per heavy atom. The van der Waals surface area contributed by atoms with E-state index in [1.165, 1.54) is 5.69 Å². The first-order valence-corrected chi connectivity index (χ1v) is 8.62. The summed E-state index contributed by atoms with van der Waals surface area (Å²) in [7, 11) is 2.17. The van der Waals surface area contributed by atoms with Crippen LogP contribution < -0.4 is 10.2 Å². The Morgan fingerprint density at radius 2 is 2.04 bits per heavy atom. The van der Waals surface area contributed by atoms with Crippen molar-refractivity contribution in [1.82, 2.24) is 4.90 Å². The first kappa shape index (κ1) is 16.1. The topological polar surface area (TPSA) is 35.6 Å². The van der Waals surface area contributed by atoms with Crippen molar-refractivity contribution in [2.24, 2.45) is 5.92 Å². The zero-order valence-electron chi connectivity index (χ0n) is 14.2. The Morgan fingerprint density at radius 1 is 1.26 bits per heavy atom. The number of benzene rings is 1. The van der Waals surface area contributed by atoms with Gasteiger partial charge in [-0.1, -0.05) is 12.2 Å². The number of anilines is 2. The zero-order valence-corrected chi connectivity index (χ0v) is 14.2. The summed E-state index contributed by atoms with van der Waals surface area (Å²) in [5.74, 6) is 0.539. The summed E-state index contributed by atoms with van der Waals surface area (Å²) >= 11 is 0. The number of piperazine rings is 1. The van der Waals surface area contributed by atoms with Gasteiger partial charge in [0.2, 0.25) is 5.91 Å². The van der Waals surface area contributed by atoms with Crippen LogP contribution in [-0.4, -0.2) is 44.0 Å². The molecule has 0 spiro atoms. The van der Waals surface area contributed by atoms with Crippen molar-refractivity contribution >= 4 is 17.3 Å². The molecule has 0 bridgehead atoms. The monoisotopic (exact) mass is 313 g/mol. The van der Waals surface area contributed by atoms with Gasteiger partial charge >= 0.3 is 0 Å². The van der Waals surface area contributed by atoms with Crippen LogP contribution >= 0.6 is 0 Å². The van der Waals surface area contributed by atoms with Crippen molar-refractivity contribution in [3.8, 4) is 0 Å². The number of likely N-dealkylation sites (N-methyl/N-ethyl adjacent to an activating group) is 1. The zero-order chi connectivity index (χ0) is 16.2. The van der Waals surface area contributed by atoms with Crippen molar-refractivity contribution in [2.75, 3.05) is 43.4 Å². The van der Waals surface area contributed by atoms with Crippen molar-refractivity contribution < 1.29 is 4.79 Å². The Hall–Kier alpha value is -1.81. The molecule has 1 N–H and O–H groups in total. The van der Waals surface area contributed by atoms with Gasteiger partial charge in [0.05, 0.1) is 0 Å². The lowest BCUT2D eigenvalue weighted by atomic mass is 10.0. The quantitative estimate of drug-likeness (QED) is 0.868. The lowest BCUT2D eigenvalue weighted by Gasteiger charge is -2.34. The second-order valence-electron chi connectivity index (χ2n) is 6.81. The number of nitrogens with one attached hydrogen (secondary N) is 1. The van der Waals surface area contributed by atoms with Crippen molar-refractivity contribution in [1.29, 1.82) is 0 Å². The van der Waals surface area contributed by atoms with E-state index < -0.39 is 0 Å². The number of aryl methyl sites for hydroxylation is 1. The first-order valence-electron chi connectivity index (χ1n) is 8.62. The van der Waals surface area contributed by atoms with E-state index in [4.69, 9.17) is 0 Å². The van der Waals surface area contributed by atoms with E-state index in [1.807, 2.05) is 6.07 Å². The lowest BCUT2D eigenvalue weighted by molar-refractivity contribution is -0.116. The third-order valence-corrected chi connectivity index (χ3v) is 4.91. The van der Waals surface area contributed by atoms with Crippen LogP contribution in [0.5, 0.6) is 0 Å². The maximum Gasteiger partial charge on any atom is 0.224 e. The standard InChI is InChI=1S/C19H27N3O/c1-15-13-17(22-11-9-21(2)10-12-22)7-8-18(15)20-19(23)14-16-5-3-4-6-16/h3,5,7-8,13,16H,4,6,9-12,14H2,1-2H3,(H,20,23). The minimum atomic E-state index is 0.122. The van der Waals surface area contributed by atoms with Gasteiger partial charge in [0.15, 0.2) is 0 Å². The van der Waals surface area contributed by atoms with E-state index in [1.54, 1.807) is 0 Å². The van der Waals surface area contributed by atoms with Gasteiger partial charge in [0.25, 0.3) is 0 Å². The molecule has 1 aliphatic heterocycles. The molecule has 1 aromatic carbocycles. The van der Waals surface area contributed by atoms with Crippen LogP contribution in [0.25, 0.3) is 0 Å². The van der Waals surface area contributed by atoms with Gasteiger partial charge < -0.3 is 15.1 Å². The number of carbonyl (C=O) groups excluding carboxylic acids is 1. The molecule has 1 fully saturated rings. The van der Waals surface area contributed by atoms with Gasteiger partial charge in [-0.2, -0.15) is 0 Å². The predicted octanol–water partition coefficient (Wildman–Crippen LogP) is 3.04. The van der Waals surface area contributed by atoms with E-state index in [0.29, 0.717) is 12.3 Å².